The third-order valence-electron chi connectivity index (χ3n) is 11.2. The summed E-state index contributed by atoms with van der Waals surface area (Å²) in [5.41, 5.74) is 11.8. The fourth-order valence-electron chi connectivity index (χ4n) is 8.28. The molecular weight excluding hydrogens is 779 g/mol. The SMILES string of the molecule is CC(C)(C)c1ccc(-c2cccc3[cH-]c(C4CCCC4)cc23)cc1.CCc1cc2c(-c3ccc(C4CCCCC4)cc3)cccc2[cH-]1.C[Si](C)=[Zr+2].[Cl-].[Cl-]. The molecule has 0 heterocycles. The number of hydrogen-bond donors (Lipinski definition) is 0. The van der Waals surface area contributed by atoms with Crippen LogP contribution in [-0.2, 0) is 35.2 Å². The van der Waals surface area contributed by atoms with Crippen molar-refractivity contribution in [3.05, 3.63) is 131 Å². The van der Waals surface area contributed by atoms with Crippen LogP contribution in [0, 0.1) is 0 Å². The van der Waals surface area contributed by atoms with E-state index < -0.39 is 0 Å². The van der Waals surface area contributed by atoms with E-state index in [4.69, 9.17) is 0 Å². The summed E-state index contributed by atoms with van der Waals surface area (Å²) in [6.45, 7) is 13.7. The van der Waals surface area contributed by atoms with Crippen molar-refractivity contribution in [2.45, 2.75) is 122 Å². The second-order valence-corrected chi connectivity index (χ2v) is 25.8. The molecule has 0 spiro atoms. The topological polar surface area (TPSA) is 0 Å². The summed E-state index contributed by atoms with van der Waals surface area (Å²) in [5.74, 6) is 1.58. The van der Waals surface area contributed by atoms with Crippen molar-refractivity contribution in [2.75, 3.05) is 0 Å². The summed E-state index contributed by atoms with van der Waals surface area (Å²) in [6, 6.07) is 41.5. The molecule has 0 atom stereocenters. The Morgan fingerprint density at radius 2 is 1.09 bits per heavy atom. The molecule has 0 nitrogen and oxygen atoms in total. The van der Waals surface area contributed by atoms with Crippen LogP contribution < -0.4 is 24.8 Å². The Bertz CT molecular complexity index is 2030. The summed E-state index contributed by atoms with van der Waals surface area (Å²) in [7, 11) is 0. The van der Waals surface area contributed by atoms with Gasteiger partial charge in [0.2, 0.25) is 0 Å². The molecule has 0 aromatic heterocycles. The predicted octanol–water partition coefficient (Wildman–Crippen LogP) is 8.81. The summed E-state index contributed by atoms with van der Waals surface area (Å²) in [4.78, 5) is 0. The average Bonchev–Trinajstić information content (AvgIpc) is 3.92. The third kappa shape index (κ3) is 11.2. The molecule has 8 rings (SSSR count). The zero-order valence-corrected chi connectivity index (χ0v) is 37.8. The van der Waals surface area contributed by atoms with Crippen LogP contribution in [0.1, 0.15) is 120 Å². The van der Waals surface area contributed by atoms with Crippen molar-refractivity contribution < 1.29 is 48.1 Å². The van der Waals surface area contributed by atoms with Crippen molar-refractivity contribution in [1.29, 1.82) is 0 Å². The van der Waals surface area contributed by atoms with E-state index in [1.165, 1.54) is 118 Å². The summed E-state index contributed by atoms with van der Waals surface area (Å²) >= 11 is 1.74. The predicted molar refractivity (Wildman–Crippen MR) is 223 cm³/mol. The molecule has 0 N–H and O–H groups in total. The van der Waals surface area contributed by atoms with E-state index in [0.29, 0.717) is 0 Å². The van der Waals surface area contributed by atoms with E-state index in [9.17, 15) is 0 Å². The van der Waals surface area contributed by atoms with Gasteiger partial charge in [0.1, 0.15) is 0 Å². The molecule has 53 heavy (non-hydrogen) atoms. The van der Waals surface area contributed by atoms with Crippen molar-refractivity contribution in [3.8, 4) is 22.3 Å². The maximum Gasteiger partial charge on any atom is -1.00 e. The minimum absolute atomic E-state index is 0. The molecule has 4 heteroatoms. The zero-order valence-electron chi connectivity index (χ0n) is 32.9. The maximum absolute atomic E-state index is 2.46. The third-order valence-corrected chi connectivity index (χ3v) is 11.2. The smallest absolute Gasteiger partial charge is 1.00 e. The number of benzene rings is 4. The van der Waals surface area contributed by atoms with E-state index in [1.807, 2.05) is 0 Å². The first-order valence-electron chi connectivity index (χ1n) is 19.7. The van der Waals surface area contributed by atoms with Gasteiger partial charge in [-0.15, -0.1) is 69.1 Å². The van der Waals surface area contributed by atoms with Crippen LogP contribution in [0.15, 0.2) is 109 Å². The molecule has 278 valence electrons. The van der Waals surface area contributed by atoms with Crippen molar-refractivity contribution in [3.63, 3.8) is 0 Å². The molecule has 2 fully saturated rings. The van der Waals surface area contributed by atoms with Gasteiger partial charge in [-0.3, -0.25) is 0 Å². The zero-order chi connectivity index (χ0) is 36.0. The Morgan fingerprint density at radius 1 is 0.623 bits per heavy atom. The molecule has 0 radical (unpaired) electrons. The van der Waals surface area contributed by atoms with Gasteiger partial charge in [-0.2, -0.15) is 12.1 Å². The first-order chi connectivity index (χ1) is 24.6. The molecule has 6 aromatic rings. The van der Waals surface area contributed by atoms with Gasteiger partial charge < -0.3 is 24.8 Å². The van der Waals surface area contributed by atoms with Gasteiger partial charge in [0.15, 0.2) is 0 Å². The van der Waals surface area contributed by atoms with Crippen molar-refractivity contribution in [1.82, 2.24) is 0 Å². The molecule has 0 amide bonds. The molecule has 2 aliphatic carbocycles. The Kier molecular flexibility index (Phi) is 16.5. The first kappa shape index (κ1) is 43.5. The van der Waals surface area contributed by atoms with Crippen LogP contribution >= 0.6 is 0 Å². The fraction of sp³-hybridized carbons (Fsp3) is 0.388. The van der Waals surface area contributed by atoms with Gasteiger partial charge in [0, 0.05) is 0 Å². The van der Waals surface area contributed by atoms with Crippen LogP contribution in [0.2, 0.25) is 13.1 Å². The quantitative estimate of drug-likeness (QED) is 0.120. The number of halogens is 2. The monoisotopic (exact) mass is 834 g/mol. The van der Waals surface area contributed by atoms with Gasteiger partial charge in [0.05, 0.1) is 0 Å². The van der Waals surface area contributed by atoms with E-state index in [-0.39, 0.29) is 35.7 Å². The average molecular weight is 837 g/mol. The Morgan fingerprint density at radius 3 is 1.62 bits per heavy atom. The van der Waals surface area contributed by atoms with Gasteiger partial charge in [-0.05, 0) is 71.6 Å². The van der Waals surface area contributed by atoms with Crippen LogP contribution in [0.25, 0.3) is 43.8 Å². The molecule has 2 aliphatic rings. The van der Waals surface area contributed by atoms with Gasteiger partial charge >= 0.3 is 41.9 Å². The normalized spacial score (nSPS) is 14.8. The Hall–Kier alpha value is -2.22. The standard InChI is InChI=1S/C24H27.C23H25.C2H6Si.2ClH.Zr/c1-24(2,3)21-13-11-18(12-14-21)22-10-6-9-19-15-20(16-23(19)22)17-7-4-5-8-17;1-2-17-15-21-9-6-10-22(23(21)16-17)20-13-11-19(12-14-20)18-7-4-3-5-8-18;1-3-2;;;/h6,9-17H,4-5,7-8H2,1-3H3;6,9-16,18H,2-5,7-8H2,1H3;1-2H3;2*1H;/q2*-1;;;;+2/p-2. The van der Waals surface area contributed by atoms with Crippen molar-refractivity contribution in [2.24, 2.45) is 0 Å². The summed E-state index contributed by atoms with van der Waals surface area (Å²) < 4.78 is 0. The van der Waals surface area contributed by atoms with Gasteiger partial charge in [0.25, 0.3) is 0 Å². The van der Waals surface area contributed by atoms with Gasteiger partial charge in [-0.25, -0.2) is 0 Å². The first-order valence-corrected chi connectivity index (χ1v) is 25.9. The van der Waals surface area contributed by atoms with Crippen LogP contribution in [-0.4, -0.2) is 5.43 Å². The minimum atomic E-state index is 0. The van der Waals surface area contributed by atoms with Crippen LogP contribution in [0.3, 0.4) is 0 Å². The number of fused-ring (bicyclic) bond motifs is 2. The molecule has 6 aromatic carbocycles. The second-order valence-electron chi connectivity index (χ2n) is 16.4. The van der Waals surface area contributed by atoms with Crippen LogP contribution in [0.5, 0.6) is 0 Å². The Labute approximate surface area is 348 Å². The van der Waals surface area contributed by atoms with Gasteiger partial charge in [-0.1, -0.05) is 132 Å². The van der Waals surface area contributed by atoms with E-state index in [1.54, 1.807) is 28.9 Å². The number of aryl methyl sites for hydroxylation is 1. The molecule has 0 aliphatic heterocycles. The number of rotatable bonds is 5. The van der Waals surface area contributed by atoms with E-state index in [0.717, 1.165) is 18.3 Å². The number of hydrogen-bond acceptors (Lipinski definition) is 0. The van der Waals surface area contributed by atoms with Crippen LogP contribution in [0.4, 0.5) is 0 Å². The second kappa shape index (κ2) is 20.1. The van der Waals surface area contributed by atoms with Crippen molar-refractivity contribution >= 4 is 27.0 Å². The molecular formula is C49H58Cl2SiZr-2. The van der Waals surface area contributed by atoms with E-state index >= 15 is 0 Å². The summed E-state index contributed by atoms with van der Waals surface area (Å²) in [6.07, 6.45) is 13.6. The molecule has 2 saturated carbocycles. The molecule has 0 bridgehead atoms. The largest absolute Gasteiger partial charge is 1.00 e. The summed E-state index contributed by atoms with van der Waals surface area (Å²) in [5, 5.41) is 5.59. The molecule has 0 unspecified atom stereocenters. The minimum Gasteiger partial charge on any atom is -1.00 e. The van der Waals surface area contributed by atoms with E-state index in [2.05, 4.69) is 150 Å². The maximum atomic E-state index is 2.46. The Balaban J connectivity index is 0.000000208. The fourth-order valence-corrected chi connectivity index (χ4v) is 8.28. The molecule has 0 saturated heterocycles.